The van der Waals surface area contributed by atoms with Gasteiger partial charge in [0.1, 0.15) is 5.75 Å². The first kappa shape index (κ1) is 16.8. The van der Waals surface area contributed by atoms with Crippen LogP contribution in [0.3, 0.4) is 0 Å². The molecule has 23 heavy (non-hydrogen) atoms. The van der Waals surface area contributed by atoms with Crippen molar-refractivity contribution in [2.24, 2.45) is 5.92 Å². The summed E-state index contributed by atoms with van der Waals surface area (Å²) in [5.41, 5.74) is 0. The van der Waals surface area contributed by atoms with Crippen molar-refractivity contribution in [3.05, 3.63) is 36.8 Å². The van der Waals surface area contributed by atoms with Crippen LogP contribution in [0.15, 0.2) is 24.3 Å². The number of rotatable bonds is 5. The van der Waals surface area contributed by atoms with Gasteiger partial charge in [-0.2, -0.15) is 0 Å². The Bertz CT molecular complexity index is 423. The molecule has 0 spiro atoms. The smallest absolute Gasteiger partial charge is 0.119 e. The zero-order chi connectivity index (χ0) is 15.7. The van der Waals surface area contributed by atoms with Gasteiger partial charge in [-0.25, -0.2) is 0 Å². The van der Waals surface area contributed by atoms with E-state index in [4.69, 9.17) is 9.47 Å². The van der Waals surface area contributed by atoms with Gasteiger partial charge in [0.2, 0.25) is 0 Å². The van der Waals surface area contributed by atoms with Crippen molar-refractivity contribution in [1.29, 1.82) is 0 Å². The van der Waals surface area contributed by atoms with Crippen LogP contribution in [-0.2, 0) is 4.74 Å². The van der Waals surface area contributed by atoms with Crippen LogP contribution in [0.4, 0.5) is 0 Å². The molecule has 2 radical (unpaired) electrons. The Morgan fingerprint density at radius 2 is 1.74 bits per heavy atom. The van der Waals surface area contributed by atoms with Gasteiger partial charge in [0, 0.05) is 6.61 Å². The van der Waals surface area contributed by atoms with Crippen LogP contribution in [0.5, 0.6) is 5.75 Å². The van der Waals surface area contributed by atoms with Crippen molar-refractivity contribution in [2.75, 3.05) is 6.61 Å². The average molecular weight is 314 g/mol. The molecule has 2 aliphatic rings. The van der Waals surface area contributed by atoms with Crippen LogP contribution in [0.1, 0.15) is 64.2 Å². The molecule has 3 atom stereocenters. The Hall–Kier alpha value is -1.02. The summed E-state index contributed by atoms with van der Waals surface area (Å²) < 4.78 is 12.4. The van der Waals surface area contributed by atoms with Gasteiger partial charge in [0.05, 0.1) is 12.2 Å². The number of benzene rings is 1. The highest BCUT2D eigenvalue weighted by Gasteiger charge is 2.22. The molecular formula is C21H30O2. The minimum atomic E-state index is 0.370. The molecule has 2 fully saturated rings. The van der Waals surface area contributed by atoms with E-state index >= 15 is 0 Å². The molecule has 0 bridgehead atoms. The molecule has 2 saturated carbocycles. The Morgan fingerprint density at radius 3 is 2.65 bits per heavy atom. The molecule has 3 rings (SSSR count). The summed E-state index contributed by atoms with van der Waals surface area (Å²) in [5.74, 6) is 1.71. The summed E-state index contributed by atoms with van der Waals surface area (Å²) in [4.78, 5) is 0. The van der Waals surface area contributed by atoms with Gasteiger partial charge < -0.3 is 9.47 Å². The highest BCUT2D eigenvalue weighted by molar-refractivity contribution is 5.20. The minimum Gasteiger partial charge on any atom is -0.490 e. The maximum atomic E-state index is 6.25. The molecule has 0 aromatic heterocycles. The van der Waals surface area contributed by atoms with Crippen LogP contribution >= 0.6 is 0 Å². The average Bonchev–Trinajstić information content (AvgIpc) is 2.97. The molecule has 0 N–H and O–H groups in total. The zero-order valence-corrected chi connectivity index (χ0v) is 14.2. The fraction of sp³-hybridized carbons (Fsp3) is 0.667. The molecule has 2 heteroatoms. The van der Waals surface area contributed by atoms with Gasteiger partial charge in [0.25, 0.3) is 0 Å². The van der Waals surface area contributed by atoms with E-state index in [0.29, 0.717) is 12.2 Å². The first-order valence-electron chi connectivity index (χ1n) is 9.46. The molecule has 2 aliphatic carbocycles. The van der Waals surface area contributed by atoms with Gasteiger partial charge in [0.15, 0.2) is 0 Å². The lowest BCUT2D eigenvalue weighted by Gasteiger charge is -2.20. The lowest BCUT2D eigenvalue weighted by Crippen LogP contribution is -2.19. The maximum Gasteiger partial charge on any atom is 0.119 e. The summed E-state index contributed by atoms with van der Waals surface area (Å²) in [5, 5.41) is 0. The van der Waals surface area contributed by atoms with E-state index in [0.717, 1.165) is 24.7 Å². The first-order valence-corrected chi connectivity index (χ1v) is 9.46. The summed E-state index contributed by atoms with van der Waals surface area (Å²) in [7, 11) is 0. The molecule has 0 aliphatic heterocycles. The van der Waals surface area contributed by atoms with Crippen molar-refractivity contribution in [3.8, 4) is 5.75 Å². The Balaban J connectivity index is 1.39. The van der Waals surface area contributed by atoms with Crippen LogP contribution in [-0.4, -0.2) is 18.8 Å². The predicted molar refractivity (Wildman–Crippen MR) is 93.4 cm³/mol. The van der Waals surface area contributed by atoms with Gasteiger partial charge in [-0.15, -0.1) is 0 Å². The standard InChI is InChI=1S/C21H30O2/c1-2-5-11-19(10-4-1)22-17-18-9-8-14-21(16-15-18)23-20-12-6-3-7-13-20/h1,6-7,12-13,18-19,21H,2,4-5,8-11,14-17H2. The van der Waals surface area contributed by atoms with E-state index in [9.17, 15) is 0 Å². The third-order valence-electron chi connectivity index (χ3n) is 5.22. The summed E-state index contributed by atoms with van der Waals surface area (Å²) in [6, 6.07) is 10.9. The second kappa shape index (κ2) is 9.32. The Morgan fingerprint density at radius 1 is 0.870 bits per heavy atom. The lowest BCUT2D eigenvalue weighted by atomic mass is 10.0. The van der Waals surface area contributed by atoms with E-state index in [1.807, 2.05) is 24.3 Å². The van der Waals surface area contributed by atoms with Crippen LogP contribution in [0, 0.1) is 18.4 Å². The van der Waals surface area contributed by atoms with Crippen molar-refractivity contribution in [3.63, 3.8) is 0 Å². The number of hydrogen-bond acceptors (Lipinski definition) is 2. The quantitative estimate of drug-likeness (QED) is 0.680. The molecule has 2 nitrogen and oxygen atoms in total. The molecule has 1 aromatic rings. The molecule has 0 saturated heterocycles. The molecular weight excluding hydrogens is 284 g/mol. The van der Waals surface area contributed by atoms with Crippen molar-refractivity contribution < 1.29 is 9.47 Å². The lowest BCUT2D eigenvalue weighted by molar-refractivity contribution is 0.0172. The summed E-state index contributed by atoms with van der Waals surface area (Å²) in [6.45, 7) is 0.956. The van der Waals surface area contributed by atoms with Gasteiger partial charge >= 0.3 is 0 Å². The van der Waals surface area contributed by atoms with Crippen molar-refractivity contribution in [1.82, 2.24) is 0 Å². The normalized spacial score (nSPS) is 27.1. The highest BCUT2D eigenvalue weighted by atomic mass is 16.5. The zero-order valence-electron chi connectivity index (χ0n) is 14.2. The van der Waals surface area contributed by atoms with Gasteiger partial charge in [-0.05, 0) is 81.9 Å². The van der Waals surface area contributed by atoms with Gasteiger partial charge in [-0.3, -0.25) is 0 Å². The molecule has 0 amide bonds. The molecule has 1 aromatic carbocycles. The second-order valence-electron chi connectivity index (χ2n) is 7.10. The Labute approximate surface area is 141 Å². The third-order valence-corrected chi connectivity index (χ3v) is 5.22. The summed E-state index contributed by atoms with van der Waals surface area (Å²) >= 11 is 0. The molecule has 0 heterocycles. The van der Waals surface area contributed by atoms with E-state index in [2.05, 4.69) is 12.5 Å². The van der Waals surface area contributed by atoms with E-state index in [-0.39, 0.29) is 0 Å². The van der Waals surface area contributed by atoms with Crippen molar-refractivity contribution in [2.45, 2.75) is 76.4 Å². The molecule has 3 unspecified atom stereocenters. The summed E-state index contributed by atoms with van der Waals surface area (Å²) in [6.07, 6.45) is 15.7. The third kappa shape index (κ3) is 5.84. The predicted octanol–water partition coefficient (Wildman–Crippen LogP) is 5.37. The monoisotopic (exact) mass is 314 g/mol. The van der Waals surface area contributed by atoms with E-state index in [1.54, 1.807) is 0 Å². The largest absolute Gasteiger partial charge is 0.490 e. The SMILES string of the molecule is [c]1ccc(OC2CCCC(COC3CC[CH]CCC3)CC2)cc1. The van der Waals surface area contributed by atoms with E-state index < -0.39 is 0 Å². The van der Waals surface area contributed by atoms with Crippen molar-refractivity contribution >= 4 is 0 Å². The molecule has 126 valence electrons. The minimum absolute atomic E-state index is 0.370. The fourth-order valence-corrected chi connectivity index (χ4v) is 3.79. The number of ether oxygens (including phenoxy) is 2. The maximum absolute atomic E-state index is 6.25. The first-order chi connectivity index (χ1) is 11.4. The van der Waals surface area contributed by atoms with Crippen LogP contribution < -0.4 is 4.74 Å². The number of hydrogen-bond donors (Lipinski definition) is 0. The van der Waals surface area contributed by atoms with Crippen LogP contribution in [0.2, 0.25) is 0 Å². The van der Waals surface area contributed by atoms with Gasteiger partial charge in [-0.1, -0.05) is 25.0 Å². The van der Waals surface area contributed by atoms with Crippen LogP contribution in [0.25, 0.3) is 0 Å². The highest BCUT2D eigenvalue weighted by Crippen LogP contribution is 2.28. The second-order valence-corrected chi connectivity index (χ2v) is 7.10. The fourth-order valence-electron chi connectivity index (χ4n) is 3.79. The van der Waals surface area contributed by atoms with E-state index in [1.165, 1.54) is 57.8 Å². The Kier molecular flexibility index (Phi) is 6.82. The topological polar surface area (TPSA) is 18.5 Å².